The van der Waals surface area contributed by atoms with Gasteiger partial charge in [-0.15, -0.1) is 11.3 Å². The fraction of sp³-hybridized carbons (Fsp3) is 0.125. The number of hydrogen-bond donors (Lipinski definition) is 2. The van der Waals surface area contributed by atoms with Crippen molar-refractivity contribution in [3.8, 4) is 0 Å². The lowest BCUT2D eigenvalue weighted by Crippen LogP contribution is -2.28. The molecule has 5 nitrogen and oxygen atoms in total. The highest BCUT2D eigenvalue weighted by Gasteiger charge is 2.11. The molecule has 0 saturated carbocycles. The third kappa shape index (κ3) is 3.00. The van der Waals surface area contributed by atoms with Crippen molar-refractivity contribution < 1.29 is 14.3 Å². The van der Waals surface area contributed by atoms with Gasteiger partial charge in [0.2, 0.25) is 0 Å². The Morgan fingerprint density at radius 1 is 1.47 bits per heavy atom. The Labute approximate surface area is 95.2 Å². The summed E-state index contributed by atoms with van der Waals surface area (Å²) < 4.78 is 4.37. The van der Waals surface area contributed by atoms with Crippen molar-refractivity contribution in [2.24, 2.45) is 5.73 Å². The minimum atomic E-state index is -0.644. The Balaban J connectivity index is 2.74. The largest absolute Gasteiger partial charge is 0.453 e. The Hall–Kier alpha value is -1.47. The molecule has 0 saturated heterocycles. The minimum Gasteiger partial charge on any atom is -0.453 e. The van der Waals surface area contributed by atoms with E-state index in [1.165, 1.54) is 7.11 Å². The summed E-state index contributed by atoms with van der Waals surface area (Å²) in [5.74, 6) is -0.521. The van der Waals surface area contributed by atoms with Crippen LogP contribution in [0.25, 0.3) is 0 Å². The number of rotatable bonds is 2. The van der Waals surface area contributed by atoms with Gasteiger partial charge in [-0.3, -0.25) is 10.1 Å². The summed E-state index contributed by atoms with van der Waals surface area (Å²) in [5.41, 5.74) is 5.07. The van der Waals surface area contributed by atoms with Gasteiger partial charge < -0.3 is 10.5 Å². The predicted molar refractivity (Wildman–Crippen MR) is 60.1 cm³/mol. The summed E-state index contributed by atoms with van der Waals surface area (Å²) in [6.07, 6.45) is -0.644. The smallest absolute Gasteiger partial charge is 0.412 e. The molecule has 0 aliphatic rings. The quantitative estimate of drug-likeness (QED) is 0.757. The number of thiocarbonyl (C=S) groups is 1. The van der Waals surface area contributed by atoms with Gasteiger partial charge in [0.05, 0.1) is 16.9 Å². The number of primary amides is 1. The average Bonchev–Trinajstić information content (AvgIpc) is 2.66. The summed E-state index contributed by atoms with van der Waals surface area (Å²) in [6, 6.07) is 3.16. The number of hydrogen-bond acceptors (Lipinski definition) is 5. The molecular weight excluding hydrogens is 236 g/mol. The van der Waals surface area contributed by atoms with E-state index in [9.17, 15) is 9.59 Å². The number of carbonyl (C=O) groups is 2. The molecule has 1 aromatic heterocycles. The van der Waals surface area contributed by atoms with E-state index in [0.717, 1.165) is 11.3 Å². The molecule has 3 N–H and O–H groups in total. The van der Waals surface area contributed by atoms with Gasteiger partial charge in [0.25, 0.3) is 5.91 Å². The molecular formula is C8H8N2O3S2. The number of alkyl carbamates (subject to hydrolysis) is 1. The van der Waals surface area contributed by atoms with Gasteiger partial charge in [0.1, 0.15) is 4.99 Å². The summed E-state index contributed by atoms with van der Waals surface area (Å²) in [4.78, 5) is 22.8. The summed E-state index contributed by atoms with van der Waals surface area (Å²) in [6.45, 7) is 0. The second-order valence-electron chi connectivity index (χ2n) is 2.47. The third-order valence-corrected chi connectivity index (χ3v) is 3.04. The van der Waals surface area contributed by atoms with Crippen LogP contribution in [0.2, 0.25) is 0 Å². The monoisotopic (exact) mass is 244 g/mol. The van der Waals surface area contributed by atoms with Gasteiger partial charge in [0.15, 0.2) is 0 Å². The van der Waals surface area contributed by atoms with E-state index in [4.69, 9.17) is 18.0 Å². The molecule has 0 spiro atoms. The van der Waals surface area contributed by atoms with E-state index >= 15 is 0 Å². The van der Waals surface area contributed by atoms with Crippen LogP contribution in [-0.2, 0) is 4.74 Å². The van der Waals surface area contributed by atoms with Crippen LogP contribution in [0, 0.1) is 0 Å². The van der Waals surface area contributed by atoms with Gasteiger partial charge in [-0.25, -0.2) is 4.79 Å². The van der Waals surface area contributed by atoms with E-state index < -0.39 is 12.0 Å². The first kappa shape index (κ1) is 11.6. The molecule has 7 heteroatoms. The van der Waals surface area contributed by atoms with Crippen LogP contribution in [0.4, 0.5) is 4.79 Å². The number of nitrogens with one attached hydrogen (secondary N) is 1. The summed E-state index contributed by atoms with van der Waals surface area (Å²) in [7, 11) is 1.24. The first-order chi connectivity index (χ1) is 7.04. The standard InChI is InChI=1S/C8H8N2O3S2/c1-13-8(12)10-7(14)5-3-2-4(15-5)6(9)11/h2-3H,1H3,(H2,9,11)(H,10,12,14). The third-order valence-electron chi connectivity index (χ3n) is 1.47. The fourth-order valence-electron chi connectivity index (χ4n) is 0.798. The van der Waals surface area contributed by atoms with Gasteiger partial charge in [-0.05, 0) is 12.1 Å². The molecule has 0 aliphatic carbocycles. The first-order valence-corrected chi connectivity index (χ1v) is 5.06. The van der Waals surface area contributed by atoms with Gasteiger partial charge in [-0.2, -0.15) is 0 Å². The Kier molecular flexibility index (Phi) is 3.75. The number of nitrogens with two attached hydrogens (primary N) is 1. The summed E-state index contributed by atoms with van der Waals surface area (Å²) >= 11 is 6.02. The van der Waals surface area contributed by atoms with Crippen LogP contribution in [0.15, 0.2) is 12.1 Å². The van der Waals surface area contributed by atoms with Crippen LogP contribution in [0.3, 0.4) is 0 Å². The zero-order valence-electron chi connectivity index (χ0n) is 7.77. The molecule has 0 aromatic carbocycles. The number of carbonyl (C=O) groups excluding carboxylic acids is 2. The van der Waals surface area contributed by atoms with Gasteiger partial charge in [-0.1, -0.05) is 12.2 Å². The molecule has 0 fully saturated rings. The van der Waals surface area contributed by atoms with Gasteiger partial charge in [0, 0.05) is 0 Å². The van der Waals surface area contributed by atoms with E-state index in [1.807, 2.05) is 0 Å². The molecule has 0 radical (unpaired) electrons. The maximum absolute atomic E-state index is 10.8. The molecule has 15 heavy (non-hydrogen) atoms. The van der Waals surface area contributed by atoms with Crippen LogP contribution < -0.4 is 11.1 Å². The zero-order valence-corrected chi connectivity index (χ0v) is 9.41. The molecule has 0 aliphatic heterocycles. The molecule has 80 valence electrons. The van der Waals surface area contributed by atoms with Crippen molar-refractivity contribution in [1.29, 1.82) is 0 Å². The van der Waals surface area contributed by atoms with Gasteiger partial charge >= 0.3 is 6.09 Å². The molecule has 0 bridgehead atoms. The molecule has 1 aromatic rings. The van der Waals surface area contributed by atoms with Crippen LogP contribution in [0.5, 0.6) is 0 Å². The molecule has 1 rings (SSSR count). The average molecular weight is 244 g/mol. The number of amides is 2. The van der Waals surface area contributed by atoms with Crippen molar-refractivity contribution in [1.82, 2.24) is 5.32 Å². The lowest BCUT2D eigenvalue weighted by molar-refractivity contribution is 0.100. The van der Waals surface area contributed by atoms with Crippen LogP contribution in [0.1, 0.15) is 14.5 Å². The van der Waals surface area contributed by atoms with E-state index in [1.54, 1.807) is 12.1 Å². The molecule has 0 unspecified atom stereocenters. The van der Waals surface area contributed by atoms with E-state index in [-0.39, 0.29) is 4.99 Å². The topological polar surface area (TPSA) is 81.4 Å². The lowest BCUT2D eigenvalue weighted by atomic mass is 10.4. The van der Waals surface area contributed by atoms with Crippen LogP contribution in [-0.4, -0.2) is 24.1 Å². The van der Waals surface area contributed by atoms with Crippen molar-refractivity contribution in [2.45, 2.75) is 0 Å². The number of thiophene rings is 1. The normalized spacial score (nSPS) is 9.40. The Bertz CT molecular complexity index is 414. The number of methoxy groups -OCH3 is 1. The predicted octanol–water partition coefficient (Wildman–Crippen LogP) is 0.879. The van der Waals surface area contributed by atoms with Crippen molar-refractivity contribution in [3.05, 3.63) is 21.9 Å². The Morgan fingerprint density at radius 3 is 2.53 bits per heavy atom. The van der Waals surface area contributed by atoms with Crippen LogP contribution >= 0.6 is 23.6 Å². The fourth-order valence-corrected chi connectivity index (χ4v) is 1.83. The second-order valence-corrected chi connectivity index (χ2v) is 3.97. The lowest BCUT2D eigenvalue weighted by Gasteiger charge is -2.01. The Morgan fingerprint density at radius 2 is 2.07 bits per heavy atom. The zero-order chi connectivity index (χ0) is 11.4. The highest BCUT2D eigenvalue weighted by Crippen LogP contribution is 2.16. The van der Waals surface area contributed by atoms with E-state index in [2.05, 4.69) is 10.1 Å². The second kappa shape index (κ2) is 4.85. The highest BCUT2D eigenvalue weighted by atomic mass is 32.1. The van der Waals surface area contributed by atoms with Crippen molar-refractivity contribution >= 4 is 40.5 Å². The van der Waals surface area contributed by atoms with E-state index in [0.29, 0.717) is 9.75 Å². The molecule has 2 amide bonds. The summed E-state index contributed by atoms with van der Waals surface area (Å²) in [5, 5.41) is 2.33. The van der Waals surface area contributed by atoms with Crippen molar-refractivity contribution in [3.63, 3.8) is 0 Å². The van der Waals surface area contributed by atoms with Crippen molar-refractivity contribution in [2.75, 3.05) is 7.11 Å². The highest BCUT2D eigenvalue weighted by molar-refractivity contribution is 7.81. The maximum Gasteiger partial charge on any atom is 0.412 e. The molecule has 0 atom stereocenters. The minimum absolute atomic E-state index is 0.208. The maximum atomic E-state index is 10.8. The SMILES string of the molecule is COC(=O)NC(=S)c1ccc(C(N)=O)s1. The number of ether oxygens (including phenoxy) is 1. The first-order valence-electron chi connectivity index (χ1n) is 3.83. The molecule has 1 heterocycles.